The third kappa shape index (κ3) is 2.83. The van der Waals surface area contributed by atoms with E-state index in [1.165, 1.54) is 24.8 Å². The van der Waals surface area contributed by atoms with Crippen LogP contribution in [0.1, 0.15) is 50.5 Å². The van der Waals surface area contributed by atoms with E-state index in [4.69, 9.17) is 0 Å². The molecule has 2 fully saturated rings. The summed E-state index contributed by atoms with van der Waals surface area (Å²) >= 11 is 0. The van der Waals surface area contributed by atoms with Gasteiger partial charge < -0.3 is 9.80 Å². The molecular formula is C20H26N2O2. The summed E-state index contributed by atoms with van der Waals surface area (Å²) in [5.74, 6) is 0.171. The molecule has 24 heavy (non-hydrogen) atoms. The van der Waals surface area contributed by atoms with Crippen molar-refractivity contribution in [3.63, 3.8) is 0 Å². The molecule has 1 atom stereocenters. The fourth-order valence-electron chi connectivity index (χ4n) is 4.63. The standard InChI is InChI=1S/C20H26N2O2/c23-19-13-16(14-22(19)17-9-2-1-3-10-17)20(24)21-12-6-8-15-7-4-5-11-18(15)21/h4-5,7,11,16-17H,1-3,6,8-10,12-14H2/t16-/m0/s1. The summed E-state index contributed by atoms with van der Waals surface area (Å²) in [6, 6.07) is 8.57. The monoisotopic (exact) mass is 326 g/mol. The molecule has 1 saturated carbocycles. The zero-order valence-corrected chi connectivity index (χ0v) is 14.2. The Labute approximate surface area is 143 Å². The third-order valence-corrected chi connectivity index (χ3v) is 5.90. The second-order valence-electron chi connectivity index (χ2n) is 7.46. The normalized spacial score (nSPS) is 25.0. The Balaban J connectivity index is 1.49. The van der Waals surface area contributed by atoms with E-state index < -0.39 is 0 Å². The summed E-state index contributed by atoms with van der Waals surface area (Å²) in [4.78, 5) is 29.5. The van der Waals surface area contributed by atoms with Crippen LogP contribution in [0, 0.1) is 5.92 Å². The highest BCUT2D eigenvalue weighted by molar-refractivity contribution is 5.99. The Bertz CT molecular complexity index is 636. The van der Waals surface area contributed by atoms with Crippen LogP contribution >= 0.6 is 0 Å². The van der Waals surface area contributed by atoms with Gasteiger partial charge in [0.2, 0.25) is 11.8 Å². The van der Waals surface area contributed by atoms with Crippen LogP contribution < -0.4 is 4.90 Å². The van der Waals surface area contributed by atoms with E-state index in [0.29, 0.717) is 19.0 Å². The highest BCUT2D eigenvalue weighted by Gasteiger charge is 2.40. The molecule has 1 aromatic carbocycles. The van der Waals surface area contributed by atoms with E-state index in [1.807, 2.05) is 28.0 Å². The Morgan fingerprint density at radius 1 is 1.04 bits per heavy atom. The molecule has 0 radical (unpaired) electrons. The average Bonchev–Trinajstić information content (AvgIpc) is 3.03. The van der Waals surface area contributed by atoms with Crippen LogP contribution in [0.4, 0.5) is 5.69 Å². The molecule has 2 aliphatic heterocycles. The maximum Gasteiger partial charge on any atom is 0.232 e. The number of anilines is 1. The van der Waals surface area contributed by atoms with Crippen molar-refractivity contribution in [3.05, 3.63) is 29.8 Å². The number of amides is 2. The molecule has 4 heteroatoms. The summed E-state index contributed by atoms with van der Waals surface area (Å²) in [5, 5.41) is 0. The molecule has 3 aliphatic rings. The van der Waals surface area contributed by atoms with Crippen LogP contribution in [-0.2, 0) is 16.0 Å². The van der Waals surface area contributed by atoms with Crippen molar-refractivity contribution < 1.29 is 9.59 Å². The number of aryl methyl sites for hydroxylation is 1. The SMILES string of the molecule is O=C([C@H]1CC(=O)N(C2CCCCC2)C1)N1CCCc2ccccc21. The molecule has 1 aromatic rings. The lowest BCUT2D eigenvalue weighted by atomic mass is 9.94. The van der Waals surface area contributed by atoms with E-state index in [-0.39, 0.29) is 17.7 Å². The molecule has 0 spiro atoms. The summed E-state index contributed by atoms with van der Waals surface area (Å²) in [6.45, 7) is 1.41. The van der Waals surface area contributed by atoms with Crippen LogP contribution in [-0.4, -0.2) is 35.8 Å². The number of carbonyl (C=O) groups excluding carboxylic acids is 2. The molecule has 1 saturated heterocycles. The van der Waals surface area contributed by atoms with Gasteiger partial charge in [-0.05, 0) is 37.3 Å². The van der Waals surface area contributed by atoms with Crippen molar-refractivity contribution in [2.45, 2.75) is 57.4 Å². The van der Waals surface area contributed by atoms with Gasteiger partial charge in [0.05, 0.1) is 5.92 Å². The van der Waals surface area contributed by atoms with Crippen molar-refractivity contribution in [3.8, 4) is 0 Å². The maximum absolute atomic E-state index is 13.1. The number of nitrogens with zero attached hydrogens (tertiary/aromatic N) is 2. The average molecular weight is 326 g/mol. The largest absolute Gasteiger partial charge is 0.339 e. The first-order chi connectivity index (χ1) is 11.7. The maximum atomic E-state index is 13.1. The van der Waals surface area contributed by atoms with Crippen molar-refractivity contribution in [1.82, 2.24) is 4.90 Å². The number of likely N-dealkylation sites (tertiary alicyclic amines) is 1. The lowest BCUT2D eigenvalue weighted by Gasteiger charge is -2.33. The number of hydrogen-bond acceptors (Lipinski definition) is 2. The number of carbonyl (C=O) groups is 2. The molecule has 2 heterocycles. The molecule has 4 nitrogen and oxygen atoms in total. The Hall–Kier alpha value is -1.84. The summed E-state index contributed by atoms with van der Waals surface area (Å²) in [5.41, 5.74) is 2.31. The zero-order valence-electron chi connectivity index (χ0n) is 14.2. The van der Waals surface area contributed by atoms with E-state index in [2.05, 4.69) is 6.07 Å². The van der Waals surface area contributed by atoms with Crippen molar-refractivity contribution >= 4 is 17.5 Å². The van der Waals surface area contributed by atoms with E-state index >= 15 is 0 Å². The molecular weight excluding hydrogens is 300 g/mol. The number of rotatable bonds is 2. The topological polar surface area (TPSA) is 40.6 Å². The number of benzene rings is 1. The highest BCUT2D eigenvalue weighted by atomic mass is 16.2. The van der Waals surface area contributed by atoms with Gasteiger partial charge in [-0.2, -0.15) is 0 Å². The van der Waals surface area contributed by atoms with Gasteiger partial charge in [-0.25, -0.2) is 0 Å². The van der Waals surface area contributed by atoms with Gasteiger partial charge in [0, 0.05) is 31.2 Å². The first-order valence-corrected chi connectivity index (χ1v) is 9.43. The lowest BCUT2D eigenvalue weighted by Crippen LogP contribution is -2.42. The predicted octanol–water partition coefficient (Wildman–Crippen LogP) is 3.15. The van der Waals surface area contributed by atoms with Gasteiger partial charge in [0.25, 0.3) is 0 Å². The molecule has 1 aliphatic carbocycles. The molecule has 2 amide bonds. The van der Waals surface area contributed by atoms with Crippen LogP contribution in [0.5, 0.6) is 0 Å². The van der Waals surface area contributed by atoms with Crippen molar-refractivity contribution in [1.29, 1.82) is 0 Å². The van der Waals surface area contributed by atoms with Crippen molar-refractivity contribution in [2.75, 3.05) is 18.0 Å². The van der Waals surface area contributed by atoms with Crippen LogP contribution in [0.3, 0.4) is 0 Å². The molecule has 0 N–H and O–H groups in total. The van der Waals surface area contributed by atoms with Gasteiger partial charge in [-0.15, -0.1) is 0 Å². The molecule has 128 valence electrons. The molecule has 4 rings (SSSR count). The fourth-order valence-corrected chi connectivity index (χ4v) is 4.63. The van der Waals surface area contributed by atoms with Crippen LogP contribution in [0.15, 0.2) is 24.3 Å². The minimum absolute atomic E-state index is 0.147. The molecule has 0 unspecified atom stereocenters. The second-order valence-corrected chi connectivity index (χ2v) is 7.46. The van der Waals surface area contributed by atoms with Crippen LogP contribution in [0.2, 0.25) is 0 Å². The van der Waals surface area contributed by atoms with Crippen molar-refractivity contribution in [2.24, 2.45) is 5.92 Å². The lowest BCUT2D eigenvalue weighted by molar-refractivity contribution is -0.130. The molecule has 0 bridgehead atoms. The summed E-state index contributed by atoms with van der Waals surface area (Å²) < 4.78 is 0. The van der Waals surface area contributed by atoms with Gasteiger partial charge in [-0.3, -0.25) is 9.59 Å². The molecule has 0 aromatic heterocycles. The van der Waals surface area contributed by atoms with Gasteiger partial charge >= 0.3 is 0 Å². The quantitative estimate of drug-likeness (QED) is 0.838. The van der Waals surface area contributed by atoms with E-state index in [1.54, 1.807) is 0 Å². The second kappa shape index (κ2) is 6.58. The van der Waals surface area contributed by atoms with Gasteiger partial charge in [0.1, 0.15) is 0 Å². The number of para-hydroxylation sites is 1. The number of fused-ring (bicyclic) bond motifs is 1. The fraction of sp³-hybridized carbons (Fsp3) is 0.600. The Morgan fingerprint density at radius 3 is 2.67 bits per heavy atom. The van der Waals surface area contributed by atoms with Gasteiger partial charge in [-0.1, -0.05) is 37.5 Å². The van der Waals surface area contributed by atoms with E-state index in [0.717, 1.165) is 37.9 Å². The smallest absolute Gasteiger partial charge is 0.232 e. The summed E-state index contributed by atoms with van der Waals surface area (Å²) in [6.07, 6.45) is 8.38. The number of hydrogen-bond donors (Lipinski definition) is 0. The van der Waals surface area contributed by atoms with E-state index in [9.17, 15) is 9.59 Å². The minimum atomic E-state index is -0.161. The first kappa shape index (κ1) is 15.7. The predicted molar refractivity (Wildman–Crippen MR) is 93.8 cm³/mol. The highest BCUT2D eigenvalue weighted by Crippen LogP contribution is 2.32. The minimum Gasteiger partial charge on any atom is -0.339 e. The summed E-state index contributed by atoms with van der Waals surface area (Å²) in [7, 11) is 0. The Morgan fingerprint density at radius 2 is 1.83 bits per heavy atom. The third-order valence-electron chi connectivity index (χ3n) is 5.90. The Kier molecular flexibility index (Phi) is 4.30. The van der Waals surface area contributed by atoms with Gasteiger partial charge in [0.15, 0.2) is 0 Å². The first-order valence-electron chi connectivity index (χ1n) is 9.43. The zero-order chi connectivity index (χ0) is 16.5. The van der Waals surface area contributed by atoms with Crippen LogP contribution in [0.25, 0.3) is 0 Å².